The molecular weight excluding hydrogens is 332 g/mol. The maximum atomic E-state index is 12.4. The van der Waals surface area contributed by atoms with E-state index in [1.807, 2.05) is 10.8 Å². The molecule has 1 aliphatic rings. The van der Waals surface area contributed by atoms with Crippen molar-refractivity contribution in [1.29, 1.82) is 0 Å². The van der Waals surface area contributed by atoms with Crippen molar-refractivity contribution in [3.63, 3.8) is 0 Å². The van der Waals surface area contributed by atoms with E-state index in [0.29, 0.717) is 12.2 Å². The molecule has 1 saturated heterocycles. The summed E-state index contributed by atoms with van der Waals surface area (Å²) in [5.74, 6) is 1.09. The Hall–Kier alpha value is -2.97. The van der Waals surface area contributed by atoms with E-state index in [0.717, 1.165) is 50.2 Å². The van der Waals surface area contributed by atoms with Crippen LogP contribution < -0.4 is 10.2 Å². The summed E-state index contributed by atoms with van der Waals surface area (Å²) in [5, 5.41) is 3.06. The Bertz CT molecular complexity index is 851. The van der Waals surface area contributed by atoms with Gasteiger partial charge in [-0.15, -0.1) is 0 Å². The molecule has 3 aromatic rings. The summed E-state index contributed by atoms with van der Waals surface area (Å²) in [6.45, 7) is 3.17. The fourth-order valence-corrected chi connectivity index (χ4v) is 3.38. The molecular formula is C17H22N8O. The fourth-order valence-electron chi connectivity index (χ4n) is 3.38. The number of rotatable bonds is 6. The minimum atomic E-state index is 0.0681. The van der Waals surface area contributed by atoms with Crippen molar-refractivity contribution in [2.45, 2.75) is 25.8 Å². The van der Waals surface area contributed by atoms with E-state index < -0.39 is 0 Å². The van der Waals surface area contributed by atoms with Crippen LogP contribution in [0.4, 0.5) is 5.82 Å². The number of H-pyrrole nitrogens is 1. The summed E-state index contributed by atoms with van der Waals surface area (Å²) >= 11 is 0. The highest BCUT2D eigenvalue weighted by Crippen LogP contribution is 2.25. The van der Waals surface area contributed by atoms with Gasteiger partial charge in [-0.3, -0.25) is 4.79 Å². The Labute approximate surface area is 150 Å². The van der Waals surface area contributed by atoms with Gasteiger partial charge < -0.3 is 19.8 Å². The molecule has 0 bridgehead atoms. The van der Waals surface area contributed by atoms with E-state index in [2.05, 4.69) is 35.1 Å². The van der Waals surface area contributed by atoms with Gasteiger partial charge in [0.25, 0.3) is 0 Å². The Morgan fingerprint density at radius 3 is 2.96 bits per heavy atom. The molecule has 0 spiro atoms. The zero-order valence-corrected chi connectivity index (χ0v) is 14.5. The van der Waals surface area contributed by atoms with Crippen LogP contribution in [-0.4, -0.2) is 55.0 Å². The molecule has 0 unspecified atom stereocenters. The summed E-state index contributed by atoms with van der Waals surface area (Å²) < 4.78 is 2.02. The molecule has 0 saturated carbocycles. The first-order valence-electron chi connectivity index (χ1n) is 8.94. The number of nitrogens with zero attached hydrogens (tertiary/aromatic N) is 6. The summed E-state index contributed by atoms with van der Waals surface area (Å²) in [5.41, 5.74) is 1.53. The molecule has 0 atom stereocenters. The Morgan fingerprint density at radius 2 is 2.15 bits per heavy atom. The number of hydrogen-bond donors (Lipinski definition) is 2. The lowest BCUT2D eigenvalue weighted by Gasteiger charge is -2.32. The number of piperidine rings is 1. The minimum absolute atomic E-state index is 0.0681. The average molecular weight is 354 g/mol. The summed E-state index contributed by atoms with van der Waals surface area (Å²) in [4.78, 5) is 34.4. The number of aryl methyl sites for hydroxylation is 1. The van der Waals surface area contributed by atoms with Crippen molar-refractivity contribution < 1.29 is 4.79 Å². The molecule has 1 aliphatic heterocycles. The van der Waals surface area contributed by atoms with Crippen molar-refractivity contribution in [2.75, 3.05) is 24.5 Å². The van der Waals surface area contributed by atoms with Gasteiger partial charge in [0.15, 0.2) is 11.5 Å². The predicted molar refractivity (Wildman–Crippen MR) is 96.5 cm³/mol. The molecule has 9 heteroatoms. The quantitative estimate of drug-likeness (QED) is 0.639. The fraction of sp³-hybridized carbons (Fsp3) is 0.471. The first-order valence-corrected chi connectivity index (χ1v) is 8.94. The number of fused-ring (bicyclic) bond motifs is 1. The van der Waals surface area contributed by atoms with Crippen LogP contribution in [-0.2, 0) is 11.3 Å². The standard InChI is InChI=1S/C17H22N8O/c26-17(19-4-1-6-24-9-5-18-12-24)13-2-7-25(8-3-13)16-14-15(21-10-20-14)22-11-23-16/h5,9-13H,1-4,6-8H2,(H,19,26)(H,20,21,22,23). The van der Waals surface area contributed by atoms with Crippen LogP contribution in [0.1, 0.15) is 19.3 Å². The van der Waals surface area contributed by atoms with E-state index in [-0.39, 0.29) is 11.8 Å². The Balaban J connectivity index is 1.25. The number of hydrogen-bond acceptors (Lipinski definition) is 6. The number of nitrogens with one attached hydrogen (secondary N) is 2. The van der Waals surface area contributed by atoms with E-state index in [9.17, 15) is 4.79 Å². The highest BCUT2D eigenvalue weighted by molar-refractivity contribution is 5.83. The van der Waals surface area contributed by atoms with E-state index in [1.165, 1.54) is 6.33 Å². The highest BCUT2D eigenvalue weighted by Gasteiger charge is 2.26. The molecule has 1 amide bonds. The van der Waals surface area contributed by atoms with Crippen LogP contribution in [0.5, 0.6) is 0 Å². The second-order valence-corrected chi connectivity index (χ2v) is 6.50. The van der Waals surface area contributed by atoms with Gasteiger partial charge in [-0.2, -0.15) is 0 Å². The Morgan fingerprint density at radius 1 is 1.27 bits per heavy atom. The molecule has 136 valence electrons. The van der Waals surface area contributed by atoms with Crippen LogP contribution in [0.3, 0.4) is 0 Å². The first kappa shape index (κ1) is 16.5. The third-order valence-corrected chi connectivity index (χ3v) is 4.82. The smallest absolute Gasteiger partial charge is 0.223 e. The molecule has 3 aromatic heterocycles. The topological polar surface area (TPSA) is 105 Å². The number of aromatic nitrogens is 6. The van der Waals surface area contributed by atoms with Crippen molar-refractivity contribution in [1.82, 2.24) is 34.8 Å². The van der Waals surface area contributed by atoms with Gasteiger partial charge in [0.1, 0.15) is 11.8 Å². The second kappa shape index (κ2) is 7.51. The van der Waals surface area contributed by atoms with Crippen LogP contribution in [0.15, 0.2) is 31.4 Å². The monoisotopic (exact) mass is 354 g/mol. The zero-order valence-electron chi connectivity index (χ0n) is 14.5. The number of aromatic amines is 1. The second-order valence-electron chi connectivity index (χ2n) is 6.50. The zero-order chi connectivity index (χ0) is 17.8. The van der Waals surface area contributed by atoms with Gasteiger partial charge in [0.2, 0.25) is 5.91 Å². The number of anilines is 1. The summed E-state index contributed by atoms with van der Waals surface area (Å²) in [6, 6.07) is 0. The third-order valence-electron chi connectivity index (χ3n) is 4.82. The van der Waals surface area contributed by atoms with Gasteiger partial charge >= 0.3 is 0 Å². The normalized spacial score (nSPS) is 15.5. The number of carbonyl (C=O) groups excluding carboxylic acids is 1. The van der Waals surface area contributed by atoms with Gasteiger partial charge in [-0.05, 0) is 19.3 Å². The lowest BCUT2D eigenvalue weighted by Crippen LogP contribution is -2.41. The van der Waals surface area contributed by atoms with Gasteiger partial charge in [-0.1, -0.05) is 0 Å². The average Bonchev–Trinajstić information content (AvgIpc) is 3.36. The van der Waals surface area contributed by atoms with Crippen molar-refractivity contribution in [2.24, 2.45) is 5.92 Å². The van der Waals surface area contributed by atoms with Crippen LogP contribution in [0, 0.1) is 5.92 Å². The molecule has 1 fully saturated rings. The molecule has 4 heterocycles. The van der Waals surface area contributed by atoms with Crippen molar-refractivity contribution >= 4 is 22.9 Å². The third kappa shape index (κ3) is 3.51. The maximum absolute atomic E-state index is 12.4. The molecule has 0 radical (unpaired) electrons. The summed E-state index contributed by atoms with van der Waals surface area (Å²) in [6.07, 6.45) is 11.2. The van der Waals surface area contributed by atoms with Crippen molar-refractivity contribution in [3.8, 4) is 0 Å². The largest absolute Gasteiger partial charge is 0.356 e. The van der Waals surface area contributed by atoms with Crippen LogP contribution in [0.2, 0.25) is 0 Å². The van der Waals surface area contributed by atoms with Crippen LogP contribution >= 0.6 is 0 Å². The molecule has 0 aliphatic carbocycles. The minimum Gasteiger partial charge on any atom is -0.356 e. The van der Waals surface area contributed by atoms with E-state index in [4.69, 9.17) is 0 Å². The van der Waals surface area contributed by atoms with Gasteiger partial charge in [-0.25, -0.2) is 19.9 Å². The van der Waals surface area contributed by atoms with Crippen molar-refractivity contribution in [3.05, 3.63) is 31.4 Å². The Kier molecular flexibility index (Phi) is 4.76. The molecule has 4 rings (SSSR count). The lowest BCUT2D eigenvalue weighted by atomic mass is 9.96. The van der Waals surface area contributed by atoms with E-state index in [1.54, 1.807) is 18.9 Å². The maximum Gasteiger partial charge on any atom is 0.223 e. The first-order chi connectivity index (χ1) is 12.8. The molecule has 9 nitrogen and oxygen atoms in total. The lowest BCUT2D eigenvalue weighted by molar-refractivity contribution is -0.125. The molecule has 2 N–H and O–H groups in total. The van der Waals surface area contributed by atoms with Gasteiger partial charge in [0, 0.05) is 44.5 Å². The molecule has 26 heavy (non-hydrogen) atoms. The van der Waals surface area contributed by atoms with Gasteiger partial charge in [0.05, 0.1) is 12.7 Å². The number of imidazole rings is 2. The predicted octanol–water partition coefficient (Wildman–Crippen LogP) is 0.972. The summed E-state index contributed by atoms with van der Waals surface area (Å²) in [7, 11) is 0. The number of carbonyl (C=O) groups is 1. The molecule has 0 aromatic carbocycles. The van der Waals surface area contributed by atoms with E-state index >= 15 is 0 Å². The highest BCUT2D eigenvalue weighted by atomic mass is 16.1. The number of amides is 1. The SMILES string of the molecule is O=C(NCCCn1ccnc1)C1CCN(c2ncnc3nc[nH]c23)CC1. The van der Waals surface area contributed by atoms with Crippen LogP contribution in [0.25, 0.3) is 11.2 Å².